The van der Waals surface area contributed by atoms with Gasteiger partial charge in [0.25, 0.3) is 0 Å². The second kappa shape index (κ2) is 6.59. The smallest absolute Gasteiger partial charge is 0.0991 e. The van der Waals surface area contributed by atoms with Gasteiger partial charge in [-0.05, 0) is 53.9 Å². The van der Waals surface area contributed by atoms with E-state index in [2.05, 4.69) is 77.1 Å². The van der Waals surface area contributed by atoms with Crippen LogP contribution in [0.5, 0.6) is 0 Å². The molecule has 1 nitrogen and oxygen atoms in total. The number of aryl methyl sites for hydroxylation is 1. The molecule has 0 aliphatic rings. The molecule has 2 aromatic carbocycles. The van der Waals surface area contributed by atoms with Crippen molar-refractivity contribution in [2.24, 2.45) is 0 Å². The summed E-state index contributed by atoms with van der Waals surface area (Å²) in [7, 11) is 0. The van der Waals surface area contributed by atoms with Crippen molar-refractivity contribution in [1.29, 1.82) is 5.26 Å². The summed E-state index contributed by atoms with van der Waals surface area (Å²) in [6.45, 7) is 11.4. The van der Waals surface area contributed by atoms with Gasteiger partial charge in [0.15, 0.2) is 0 Å². The van der Waals surface area contributed by atoms with Crippen LogP contribution in [-0.4, -0.2) is 0 Å². The summed E-state index contributed by atoms with van der Waals surface area (Å²) in [4.78, 5) is 0. The molecule has 0 fully saturated rings. The number of rotatable bonds is 5. The molecule has 0 radical (unpaired) electrons. The van der Waals surface area contributed by atoms with E-state index in [0.717, 1.165) is 18.4 Å². The van der Waals surface area contributed by atoms with Crippen molar-refractivity contribution in [1.82, 2.24) is 0 Å². The van der Waals surface area contributed by atoms with Gasteiger partial charge in [0.2, 0.25) is 0 Å². The van der Waals surface area contributed by atoms with Crippen LogP contribution in [0.4, 0.5) is 0 Å². The lowest BCUT2D eigenvalue weighted by molar-refractivity contribution is 0.375. The van der Waals surface area contributed by atoms with E-state index >= 15 is 0 Å². The average molecular weight is 305 g/mol. The zero-order chi connectivity index (χ0) is 17.1. The third-order valence-corrected chi connectivity index (χ3v) is 5.00. The minimum atomic E-state index is 0.107. The van der Waals surface area contributed by atoms with Gasteiger partial charge in [-0.2, -0.15) is 5.26 Å². The van der Waals surface area contributed by atoms with Gasteiger partial charge >= 0.3 is 0 Å². The van der Waals surface area contributed by atoms with Crippen molar-refractivity contribution in [2.75, 3.05) is 0 Å². The molecule has 0 atom stereocenters. The topological polar surface area (TPSA) is 23.8 Å². The first-order valence-electron chi connectivity index (χ1n) is 8.32. The highest BCUT2D eigenvalue weighted by molar-refractivity contribution is 5.35. The van der Waals surface area contributed by atoms with Crippen molar-refractivity contribution in [3.63, 3.8) is 0 Å². The molecule has 0 saturated heterocycles. The van der Waals surface area contributed by atoms with Gasteiger partial charge in [-0.15, -0.1) is 0 Å². The minimum absolute atomic E-state index is 0.107. The van der Waals surface area contributed by atoms with Crippen LogP contribution >= 0.6 is 0 Å². The van der Waals surface area contributed by atoms with Crippen molar-refractivity contribution in [3.8, 4) is 6.07 Å². The van der Waals surface area contributed by atoms with Crippen molar-refractivity contribution in [2.45, 2.75) is 58.3 Å². The normalized spacial score (nSPS) is 12.0. The van der Waals surface area contributed by atoms with Crippen molar-refractivity contribution >= 4 is 0 Å². The molecule has 23 heavy (non-hydrogen) atoms. The predicted molar refractivity (Wildman–Crippen MR) is 97.6 cm³/mol. The summed E-state index contributed by atoms with van der Waals surface area (Å²) in [6, 6.07) is 19.1. The molecular weight excluding hydrogens is 278 g/mol. The largest absolute Gasteiger partial charge is 0.192 e. The number of hydrogen-bond donors (Lipinski definition) is 0. The van der Waals surface area contributed by atoms with Crippen LogP contribution in [0.3, 0.4) is 0 Å². The van der Waals surface area contributed by atoms with E-state index in [9.17, 15) is 0 Å². The first-order valence-corrected chi connectivity index (χ1v) is 8.32. The van der Waals surface area contributed by atoms with E-state index in [1.807, 2.05) is 12.1 Å². The Morgan fingerprint density at radius 3 is 1.52 bits per heavy atom. The Balaban J connectivity index is 2.10. The van der Waals surface area contributed by atoms with Crippen molar-refractivity contribution in [3.05, 3.63) is 70.8 Å². The fourth-order valence-corrected chi connectivity index (χ4v) is 2.91. The molecule has 2 rings (SSSR count). The maximum Gasteiger partial charge on any atom is 0.0991 e. The molecule has 0 saturated carbocycles. The van der Waals surface area contributed by atoms with E-state index in [4.69, 9.17) is 5.26 Å². The molecule has 0 N–H and O–H groups in total. The summed E-state index contributed by atoms with van der Waals surface area (Å²) in [6.07, 6.45) is 2.24. The zero-order valence-corrected chi connectivity index (χ0v) is 15.0. The lowest BCUT2D eigenvalue weighted by Crippen LogP contribution is -2.24. The van der Waals surface area contributed by atoms with Gasteiger partial charge in [-0.3, -0.25) is 0 Å². The van der Waals surface area contributed by atoms with E-state index in [0.29, 0.717) is 0 Å². The summed E-state index contributed by atoms with van der Waals surface area (Å²) < 4.78 is 0. The molecule has 0 amide bonds. The van der Waals surface area contributed by atoms with E-state index < -0.39 is 0 Å². The van der Waals surface area contributed by atoms with Crippen molar-refractivity contribution < 1.29 is 0 Å². The Labute approximate surface area is 141 Å². The Hall–Kier alpha value is -2.07. The SMILES string of the molecule is Cc1ccc(C(C)(C)CCC(C)(C)c2ccc(C#N)cc2)cc1. The molecule has 0 aromatic heterocycles. The Bertz CT molecular complexity index is 682. The Morgan fingerprint density at radius 2 is 1.13 bits per heavy atom. The third-order valence-electron chi connectivity index (χ3n) is 5.00. The second-order valence-corrected chi connectivity index (χ2v) is 7.82. The molecule has 0 unspecified atom stereocenters. The van der Waals surface area contributed by atoms with Crippen LogP contribution in [0, 0.1) is 18.3 Å². The van der Waals surface area contributed by atoms with Gasteiger partial charge in [0.1, 0.15) is 0 Å². The summed E-state index contributed by atoms with van der Waals surface area (Å²) in [5.74, 6) is 0. The average Bonchev–Trinajstić information content (AvgIpc) is 2.54. The van der Waals surface area contributed by atoms with Gasteiger partial charge in [-0.25, -0.2) is 0 Å². The number of nitriles is 1. The molecule has 0 aliphatic carbocycles. The lowest BCUT2D eigenvalue weighted by atomic mass is 9.72. The second-order valence-electron chi connectivity index (χ2n) is 7.82. The lowest BCUT2D eigenvalue weighted by Gasteiger charge is -2.32. The molecule has 0 aliphatic heterocycles. The number of benzene rings is 2. The zero-order valence-electron chi connectivity index (χ0n) is 15.0. The molecule has 0 bridgehead atoms. The Kier molecular flexibility index (Phi) is 4.95. The fourth-order valence-electron chi connectivity index (χ4n) is 2.91. The van der Waals surface area contributed by atoms with Gasteiger partial charge in [0.05, 0.1) is 11.6 Å². The number of nitrogens with zero attached hydrogens (tertiary/aromatic N) is 1. The van der Waals surface area contributed by atoms with Crippen LogP contribution in [0.25, 0.3) is 0 Å². The minimum Gasteiger partial charge on any atom is -0.192 e. The highest BCUT2D eigenvalue weighted by atomic mass is 14.3. The molecule has 120 valence electrons. The summed E-state index contributed by atoms with van der Waals surface area (Å²) in [5, 5.41) is 8.94. The highest BCUT2D eigenvalue weighted by Gasteiger charge is 2.27. The van der Waals surface area contributed by atoms with Crippen LogP contribution in [0.15, 0.2) is 48.5 Å². The highest BCUT2D eigenvalue weighted by Crippen LogP contribution is 2.36. The van der Waals surface area contributed by atoms with E-state index in [1.165, 1.54) is 16.7 Å². The maximum atomic E-state index is 8.94. The molecular formula is C22H27N. The first-order chi connectivity index (χ1) is 10.7. The van der Waals surface area contributed by atoms with E-state index in [1.54, 1.807) is 0 Å². The maximum absolute atomic E-state index is 8.94. The van der Waals surface area contributed by atoms with Gasteiger partial charge in [0, 0.05) is 0 Å². The van der Waals surface area contributed by atoms with Gasteiger partial charge < -0.3 is 0 Å². The Morgan fingerprint density at radius 1 is 0.739 bits per heavy atom. The van der Waals surface area contributed by atoms with Crippen LogP contribution in [0.1, 0.15) is 62.8 Å². The monoisotopic (exact) mass is 305 g/mol. The van der Waals surface area contributed by atoms with Gasteiger partial charge in [-0.1, -0.05) is 69.7 Å². The fraction of sp³-hybridized carbons (Fsp3) is 0.409. The van der Waals surface area contributed by atoms with Crippen LogP contribution in [0.2, 0.25) is 0 Å². The third kappa shape index (κ3) is 4.23. The van der Waals surface area contributed by atoms with Crippen LogP contribution in [-0.2, 0) is 10.8 Å². The van der Waals surface area contributed by atoms with Crippen LogP contribution < -0.4 is 0 Å². The molecule has 0 spiro atoms. The number of hydrogen-bond acceptors (Lipinski definition) is 1. The summed E-state index contributed by atoms with van der Waals surface area (Å²) >= 11 is 0. The molecule has 1 heteroatoms. The summed E-state index contributed by atoms with van der Waals surface area (Å²) in [5.41, 5.74) is 5.01. The first kappa shape index (κ1) is 17.3. The van der Waals surface area contributed by atoms with E-state index in [-0.39, 0.29) is 10.8 Å². The molecule has 0 heterocycles. The standard InChI is InChI=1S/C22H27N/c1-17-6-10-19(11-7-17)21(2,3)14-15-22(4,5)20-12-8-18(16-23)9-13-20/h6-13H,14-15H2,1-5H3. The molecule has 2 aromatic rings. The quantitative estimate of drug-likeness (QED) is 0.674. The predicted octanol–water partition coefficient (Wildman–Crippen LogP) is 5.90.